The van der Waals surface area contributed by atoms with Gasteiger partial charge >= 0.3 is 0 Å². The molecule has 0 fully saturated rings. The topological polar surface area (TPSA) is 54.3 Å². The zero-order valence-corrected chi connectivity index (χ0v) is 9.25. The fourth-order valence-corrected chi connectivity index (χ4v) is 1.21. The van der Waals surface area contributed by atoms with Crippen LogP contribution in [0, 0.1) is 0 Å². The molecule has 0 radical (unpaired) electrons. The summed E-state index contributed by atoms with van der Waals surface area (Å²) in [5.74, 6) is 0.869. The van der Waals surface area contributed by atoms with Crippen LogP contribution in [0.25, 0.3) is 0 Å². The van der Waals surface area contributed by atoms with E-state index < -0.39 is 0 Å². The molecule has 1 aromatic heterocycles. The molecule has 0 aliphatic carbocycles. The SMILES string of the molecule is CCCNC(=O)CN[C@@H](C)c1ccco1. The van der Waals surface area contributed by atoms with Gasteiger partial charge in [0.2, 0.25) is 5.91 Å². The maximum Gasteiger partial charge on any atom is 0.233 e. The van der Waals surface area contributed by atoms with Crippen molar-refractivity contribution < 1.29 is 9.21 Å². The normalized spacial score (nSPS) is 12.4. The molecule has 0 aliphatic heterocycles. The molecule has 4 heteroatoms. The van der Waals surface area contributed by atoms with Crippen LogP contribution < -0.4 is 10.6 Å². The highest BCUT2D eigenvalue weighted by Gasteiger charge is 2.08. The van der Waals surface area contributed by atoms with Crippen molar-refractivity contribution in [1.82, 2.24) is 10.6 Å². The summed E-state index contributed by atoms with van der Waals surface area (Å²) in [7, 11) is 0. The minimum absolute atomic E-state index is 0.0234. The Morgan fingerprint density at radius 3 is 3.00 bits per heavy atom. The molecule has 1 rings (SSSR count). The monoisotopic (exact) mass is 210 g/mol. The molecule has 15 heavy (non-hydrogen) atoms. The molecule has 0 saturated carbocycles. The number of nitrogens with one attached hydrogen (secondary N) is 2. The summed E-state index contributed by atoms with van der Waals surface area (Å²) >= 11 is 0. The lowest BCUT2D eigenvalue weighted by atomic mass is 10.2. The number of rotatable bonds is 6. The first kappa shape index (κ1) is 11.8. The summed E-state index contributed by atoms with van der Waals surface area (Å²) in [5.41, 5.74) is 0. The minimum atomic E-state index is 0.0234. The van der Waals surface area contributed by atoms with Crippen molar-refractivity contribution in [3.8, 4) is 0 Å². The van der Waals surface area contributed by atoms with E-state index in [4.69, 9.17) is 4.42 Å². The van der Waals surface area contributed by atoms with Crippen LogP contribution in [0.4, 0.5) is 0 Å². The molecule has 0 spiro atoms. The second kappa shape index (κ2) is 6.24. The molecule has 84 valence electrons. The van der Waals surface area contributed by atoms with Gasteiger partial charge in [0.05, 0.1) is 18.8 Å². The third-order valence-electron chi connectivity index (χ3n) is 2.11. The summed E-state index contributed by atoms with van der Waals surface area (Å²) in [6.07, 6.45) is 2.59. The smallest absolute Gasteiger partial charge is 0.233 e. The number of hydrogen-bond donors (Lipinski definition) is 2. The van der Waals surface area contributed by atoms with Gasteiger partial charge in [-0.1, -0.05) is 6.92 Å². The highest BCUT2D eigenvalue weighted by atomic mass is 16.3. The molecule has 1 atom stereocenters. The lowest BCUT2D eigenvalue weighted by Crippen LogP contribution is -2.35. The molecule has 1 amide bonds. The third kappa shape index (κ3) is 4.16. The Morgan fingerprint density at radius 2 is 2.40 bits per heavy atom. The van der Waals surface area contributed by atoms with E-state index in [2.05, 4.69) is 10.6 Å². The van der Waals surface area contributed by atoms with Crippen molar-refractivity contribution in [3.05, 3.63) is 24.2 Å². The number of carbonyl (C=O) groups excluding carboxylic acids is 1. The van der Waals surface area contributed by atoms with E-state index in [1.807, 2.05) is 26.0 Å². The fourth-order valence-electron chi connectivity index (χ4n) is 1.21. The minimum Gasteiger partial charge on any atom is -0.468 e. The fraction of sp³-hybridized carbons (Fsp3) is 0.545. The molecule has 1 heterocycles. The van der Waals surface area contributed by atoms with E-state index in [1.165, 1.54) is 0 Å². The van der Waals surface area contributed by atoms with Crippen molar-refractivity contribution >= 4 is 5.91 Å². The van der Waals surface area contributed by atoms with E-state index in [1.54, 1.807) is 6.26 Å². The Morgan fingerprint density at radius 1 is 1.60 bits per heavy atom. The van der Waals surface area contributed by atoms with Gasteiger partial charge in [0.1, 0.15) is 5.76 Å². The molecule has 0 saturated heterocycles. The maximum atomic E-state index is 11.3. The van der Waals surface area contributed by atoms with Crippen molar-refractivity contribution in [3.63, 3.8) is 0 Å². The second-order valence-corrected chi connectivity index (χ2v) is 3.47. The molecule has 0 unspecified atom stereocenters. The molecule has 0 aliphatic rings. The highest BCUT2D eigenvalue weighted by molar-refractivity contribution is 5.77. The van der Waals surface area contributed by atoms with Gasteiger partial charge < -0.3 is 9.73 Å². The summed E-state index contributed by atoms with van der Waals surface area (Å²) in [4.78, 5) is 11.3. The van der Waals surface area contributed by atoms with Crippen LogP contribution in [0.1, 0.15) is 32.1 Å². The van der Waals surface area contributed by atoms with Gasteiger partial charge in [0, 0.05) is 6.54 Å². The van der Waals surface area contributed by atoms with Gasteiger partial charge in [0.25, 0.3) is 0 Å². The molecular weight excluding hydrogens is 192 g/mol. The largest absolute Gasteiger partial charge is 0.468 e. The first-order chi connectivity index (χ1) is 7.24. The van der Waals surface area contributed by atoms with E-state index in [-0.39, 0.29) is 11.9 Å². The number of amides is 1. The Balaban J connectivity index is 2.22. The zero-order chi connectivity index (χ0) is 11.1. The zero-order valence-electron chi connectivity index (χ0n) is 9.25. The third-order valence-corrected chi connectivity index (χ3v) is 2.11. The number of hydrogen-bond acceptors (Lipinski definition) is 3. The summed E-state index contributed by atoms with van der Waals surface area (Å²) in [6, 6.07) is 3.79. The Bertz CT molecular complexity index is 283. The van der Waals surface area contributed by atoms with E-state index in [0.29, 0.717) is 6.54 Å². The number of carbonyl (C=O) groups is 1. The number of furan rings is 1. The summed E-state index contributed by atoms with van der Waals surface area (Å²) < 4.78 is 5.21. The van der Waals surface area contributed by atoms with Crippen LogP contribution >= 0.6 is 0 Å². The van der Waals surface area contributed by atoms with Gasteiger partial charge in [-0.15, -0.1) is 0 Å². The van der Waals surface area contributed by atoms with Crippen molar-refractivity contribution in [2.75, 3.05) is 13.1 Å². The average molecular weight is 210 g/mol. The van der Waals surface area contributed by atoms with E-state index >= 15 is 0 Å². The van der Waals surface area contributed by atoms with Crippen LogP contribution in [0.15, 0.2) is 22.8 Å². The predicted octanol–water partition coefficient (Wildman–Crippen LogP) is 1.46. The molecule has 4 nitrogen and oxygen atoms in total. The molecular formula is C11H18N2O2. The van der Waals surface area contributed by atoms with Crippen LogP contribution in [0.3, 0.4) is 0 Å². The van der Waals surface area contributed by atoms with Gasteiger partial charge in [0.15, 0.2) is 0 Å². The lowest BCUT2D eigenvalue weighted by molar-refractivity contribution is -0.120. The average Bonchev–Trinajstić information content (AvgIpc) is 2.76. The van der Waals surface area contributed by atoms with Gasteiger partial charge in [-0.25, -0.2) is 0 Å². The summed E-state index contributed by atoms with van der Waals surface area (Å²) in [6.45, 7) is 5.04. The van der Waals surface area contributed by atoms with Crippen LogP contribution in [-0.2, 0) is 4.79 Å². The second-order valence-electron chi connectivity index (χ2n) is 3.47. The Kier molecular flexibility index (Phi) is 4.90. The van der Waals surface area contributed by atoms with Crippen LogP contribution in [0.2, 0.25) is 0 Å². The van der Waals surface area contributed by atoms with Gasteiger partial charge in [-0.2, -0.15) is 0 Å². The van der Waals surface area contributed by atoms with E-state index in [0.717, 1.165) is 18.7 Å². The highest BCUT2D eigenvalue weighted by Crippen LogP contribution is 2.11. The first-order valence-corrected chi connectivity index (χ1v) is 5.27. The van der Waals surface area contributed by atoms with Crippen LogP contribution in [0.5, 0.6) is 0 Å². The standard InChI is InChI=1S/C11H18N2O2/c1-3-6-12-11(14)8-13-9(2)10-5-4-7-15-10/h4-5,7,9,13H,3,6,8H2,1-2H3,(H,12,14)/t9-/m0/s1. The molecule has 0 bridgehead atoms. The predicted molar refractivity (Wildman–Crippen MR) is 58.4 cm³/mol. The first-order valence-electron chi connectivity index (χ1n) is 5.27. The van der Waals surface area contributed by atoms with Crippen molar-refractivity contribution in [1.29, 1.82) is 0 Å². The lowest BCUT2D eigenvalue weighted by Gasteiger charge is -2.10. The van der Waals surface area contributed by atoms with E-state index in [9.17, 15) is 4.79 Å². The maximum absolute atomic E-state index is 11.3. The van der Waals surface area contributed by atoms with Gasteiger partial charge in [-0.3, -0.25) is 10.1 Å². The van der Waals surface area contributed by atoms with Crippen molar-refractivity contribution in [2.24, 2.45) is 0 Å². The molecule has 2 N–H and O–H groups in total. The molecule has 0 aromatic carbocycles. The summed E-state index contributed by atoms with van der Waals surface area (Å²) in [5, 5.41) is 5.89. The van der Waals surface area contributed by atoms with Crippen LogP contribution in [-0.4, -0.2) is 19.0 Å². The Hall–Kier alpha value is -1.29. The van der Waals surface area contributed by atoms with Crippen molar-refractivity contribution in [2.45, 2.75) is 26.3 Å². The molecule has 1 aromatic rings. The van der Waals surface area contributed by atoms with Gasteiger partial charge in [-0.05, 0) is 25.5 Å². The Labute approximate surface area is 90.0 Å². The quantitative estimate of drug-likeness (QED) is 0.747.